The monoisotopic (exact) mass is 592 g/mol. The summed E-state index contributed by atoms with van der Waals surface area (Å²) in [5, 5.41) is 16.4. The van der Waals surface area contributed by atoms with E-state index >= 15 is 0 Å². The largest absolute Gasteiger partial charge is 0.395 e. The normalized spacial score (nSPS) is 13.9. The Morgan fingerprint density at radius 3 is 2.44 bits per heavy atom. The van der Waals surface area contributed by atoms with Crippen molar-refractivity contribution >= 4 is 51.6 Å². The van der Waals surface area contributed by atoms with Crippen molar-refractivity contribution in [3.8, 4) is 11.4 Å². The number of aromatic nitrogens is 4. The van der Waals surface area contributed by atoms with Crippen molar-refractivity contribution in [1.29, 1.82) is 0 Å². The molecule has 1 saturated heterocycles. The van der Waals surface area contributed by atoms with E-state index in [9.17, 15) is 9.90 Å². The number of carbonyl (C=O) groups is 1. The Morgan fingerprint density at radius 2 is 1.76 bits per heavy atom. The lowest BCUT2D eigenvalue weighted by molar-refractivity contribution is 0.103. The molecule has 0 radical (unpaired) electrons. The number of halogens is 1. The highest BCUT2D eigenvalue weighted by Gasteiger charge is 2.22. The van der Waals surface area contributed by atoms with Crippen LogP contribution < -0.4 is 15.5 Å². The quantitative estimate of drug-likeness (QED) is 0.260. The predicted octanol–water partition coefficient (Wildman–Crippen LogP) is 4.99. The first kappa shape index (κ1) is 28.9. The number of rotatable bonds is 8. The lowest BCUT2D eigenvalue weighted by Gasteiger charge is -2.34. The molecule has 2 aromatic carbocycles. The van der Waals surface area contributed by atoms with Crippen molar-refractivity contribution in [1.82, 2.24) is 24.8 Å². The molecule has 41 heavy (non-hydrogen) atoms. The number of hydrogen-bond donors (Lipinski definition) is 3. The van der Waals surface area contributed by atoms with Crippen molar-refractivity contribution in [3.05, 3.63) is 68.7 Å². The number of thiazole rings is 1. The fourth-order valence-corrected chi connectivity index (χ4v) is 5.99. The Balaban J connectivity index is 1.43. The summed E-state index contributed by atoms with van der Waals surface area (Å²) in [6, 6.07) is 9.72. The number of β-amino-alcohol motifs (C(OH)–C–C–N with tert-alkyl or cyclic N) is 1. The zero-order valence-electron chi connectivity index (χ0n) is 23.5. The van der Waals surface area contributed by atoms with Crippen LogP contribution in [0.25, 0.3) is 11.4 Å². The molecule has 0 spiro atoms. The van der Waals surface area contributed by atoms with Crippen LogP contribution in [0.15, 0.2) is 36.5 Å². The van der Waals surface area contributed by atoms with Crippen LogP contribution in [0.3, 0.4) is 0 Å². The molecule has 1 aliphatic rings. The molecule has 5 rings (SSSR count). The highest BCUT2D eigenvalue weighted by Crippen LogP contribution is 2.30. The molecule has 3 heterocycles. The summed E-state index contributed by atoms with van der Waals surface area (Å²) in [7, 11) is 0. The summed E-state index contributed by atoms with van der Waals surface area (Å²) in [4.78, 5) is 36.6. The second-order valence-corrected chi connectivity index (χ2v) is 11.6. The van der Waals surface area contributed by atoms with E-state index in [-0.39, 0.29) is 12.5 Å². The molecule has 2 aromatic heterocycles. The third-order valence-electron chi connectivity index (χ3n) is 7.00. The molecule has 0 atom stereocenters. The van der Waals surface area contributed by atoms with Crippen molar-refractivity contribution in [2.24, 2.45) is 0 Å². The molecule has 1 fully saturated rings. The number of anilines is 4. The second kappa shape index (κ2) is 12.5. The maximum atomic E-state index is 13.0. The van der Waals surface area contributed by atoms with Crippen LogP contribution in [0, 0.1) is 27.7 Å². The highest BCUT2D eigenvalue weighted by atomic mass is 35.5. The van der Waals surface area contributed by atoms with Gasteiger partial charge in [-0.2, -0.15) is 15.0 Å². The number of amides is 1. The highest BCUT2D eigenvalue weighted by molar-refractivity contribution is 7.17. The zero-order chi connectivity index (χ0) is 29.1. The van der Waals surface area contributed by atoms with E-state index in [1.165, 1.54) is 23.1 Å². The van der Waals surface area contributed by atoms with E-state index in [0.29, 0.717) is 45.0 Å². The Bertz CT molecular complexity index is 1530. The van der Waals surface area contributed by atoms with E-state index in [0.717, 1.165) is 48.4 Å². The van der Waals surface area contributed by atoms with Gasteiger partial charge in [-0.3, -0.25) is 15.0 Å². The number of nitrogens with one attached hydrogen (secondary N) is 2. The summed E-state index contributed by atoms with van der Waals surface area (Å²) < 4.78 is 0. The smallest absolute Gasteiger partial charge is 0.267 e. The number of benzene rings is 2. The average molecular weight is 593 g/mol. The number of aryl methyl sites for hydroxylation is 4. The molecule has 10 nitrogen and oxygen atoms in total. The van der Waals surface area contributed by atoms with E-state index in [2.05, 4.69) is 58.3 Å². The summed E-state index contributed by atoms with van der Waals surface area (Å²) in [5.41, 5.74) is 5.77. The predicted molar refractivity (Wildman–Crippen MR) is 165 cm³/mol. The number of aliphatic hydroxyl groups excluding tert-OH is 1. The zero-order valence-corrected chi connectivity index (χ0v) is 25.1. The standard InChI is InChI=1S/C29H33ClN8O2S/c1-17-14-19(3)23(20(4)15-17)25-33-27(35-28(34-25)38-10-8-37(9-11-38)12-13-39)36-29-31-16-22(41-29)26(40)32-24-18(2)6-5-7-21(24)30/h5-7,14-16,39H,8-13H2,1-4H3,(H,32,40)(H,31,33,34,35,36). The minimum absolute atomic E-state index is 0.141. The number of piperazine rings is 1. The van der Waals surface area contributed by atoms with Gasteiger partial charge in [0.25, 0.3) is 5.91 Å². The van der Waals surface area contributed by atoms with Gasteiger partial charge >= 0.3 is 0 Å². The number of hydrogen-bond acceptors (Lipinski definition) is 10. The molecule has 3 N–H and O–H groups in total. The molecule has 0 bridgehead atoms. The van der Waals surface area contributed by atoms with Crippen LogP contribution in [-0.2, 0) is 0 Å². The maximum absolute atomic E-state index is 13.0. The molecule has 1 amide bonds. The molecular formula is C29H33ClN8O2S. The Kier molecular flexibility index (Phi) is 8.79. The third-order valence-corrected chi connectivity index (χ3v) is 8.23. The molecule has 12 heteroatoms. The lowest BCUT2D eigenvalue weighted by atomic mass is 9.99. The summed E-state index contributed by atoms with van der Waals surface area (Å²) in [6.07, 6.45) is 1.52. The molecule has 0 saturated carbocycles. The molecule has 214 valence electrons. The topological polar surface area (TPSA) is 119 Å². The maximum Gasteiger partial charge on any atom is 0.267 e. The van der Waals surface area contributed by atoms with Gasteiger partial charge in [0.15, 0.2) is 11.0 Å². The number of carbonyl (C=O) groups excluding carboxylic acids is 1. The van der Waals surface area contributed by atoms with Crippen molar-refractivity contribution in [2.45, 2.75) is 27.7 Å². The van der Waals surface area contributed by atoms with Crippen LogP contribution in [0.1, 0.15) is 31.9 Å². The van der Waals surface area contributed by atoms with Crippen LogP contribution in [0.5, 0.6) is 0 Å². The first-order valence-electron chi connectivity index (χ1n) is 13.4. The molecular weight excluding hydrogens is 560 g/mol. The Morgan fingerprint density at radius 1 is 1.02 bits per heavy atom. The Labute approximate surface area is 248 Å². The minimum Gasteiger partial charge on any atom is -0.395 e. The second-order valence-electron chi connectivity index (χ2n) is 10.1. The molecule has 0 aliphatic carbocycles. The van der Waals surface area contributed by atoms with Gasteiger partial charge in [0.2, 0.25) is 11.9 Å². The van der Waals surface area contributed by atoms with Gasteiger partial charge in [-0.25, -0.2) is 4.98 Å². The summed E-state index contributed by atoms with van der Waals surface area (Å²) in [6.45, 7) is 12.0. The third kappa shape index (κ3) is 6.65. The van der Waals surface area contributed by atoms with Crippen LogP contribution >= 0.6 is 22.9 Å². The Hall–Kier alpha value is -3.64. The first-order chi connectivity index (χ1) is 19.7. The molecule has 1 aliphatic heterocycles. The summed E-state index contributed by atoms with van der Waals surface area (Å²) in [5.74, 6) is 1.21. The first-order valence-corrected chi connectivity index (χ1v) is 14.6. The van der Waals surface area contributed by atoms with Gasteiger partial charge in [-0.15, -0.1) is 0 Å². The van der Waals surface area contributed by atoms with Gasteiger partial charge in [0.1, 0.15) is 4.88 Å². The van der Waals surface area contributed by atoms with Crippen molar-refractivity contribution in [2.75, 3.05) is 54.9 Å². The van der Waals surface area contributed by atoms with Gasteiger partial charge in [0.05, 0.1) is 23.5 Å². The van der Waals surface area contributed by atoms with E-state index in [4.69, 9.17) is 26.6 Å². The SMILES string of the molecule is Cc1cc(C)c(-c2nc(Nc3ncc(C(=O)Nc4c(C)cccc4Cl)s3)nc(N3CCN(CCO)CC3)n2)c(C)c1. The van der Waals surface area contributed by atoms with Crippen molar-refractivity contribution in [3.63, 3.8) is 0 Å². The van der Waals surface area contributed by atoms with Crippen LogP contribution in [-0.4, -0.2) is 75.2 Å². The summed E-state index contributed by atoms with van der Waals surface area (Å²) >= 11 is 7.49. The van der Waals surface area contributed by atoms with Crippen LogP contribution in [0.4, 0.5) is 22.7 Å². The van der Waals surface area contributed by atoms with Crippen molar-refractivity contribution < 1.29 is 9.90 Å². The molecule has 4 aromatic rings. The number of nitrogens with zero attached hydrogens (tertiary/aromatic N) is 6. The average Bonchev–Trinajstić information content (AvgIpc) is 3.39. The van der Waals surface area contributed by atoms with E-state index < -0.39 is 0 Å². The number of aliphatic hydroxyl groups is 1. The molecule has 0 unspecified atom stereocenters. The fourth-order valence-electron chi connectivity index (χ4n) is 5.02. The van der Waals surface area contributed by atoms with Gasteiger partial charge in [0, 0.05) is 38.3 Å². The minimum atomic E-state index is -0.296. The van der Waals surface area contributed by atoms with Gasteiger partial charge in [-0.05, 0) is 50.5 Å². The van der Waals surface area contributed by atoms with Gasteiger partial charge in [-0.1, -0.05) is 52.8 Å². The lowest BCUT2D eigenvalue weighted by Crippen LogP contribution is -2.47. The fraction of sp³-hybridized carbons (Fsp3) is 0.345. The number of para-hydroxylation sites is 1. The van der Waals surface area contributed by atoms with Crippen LogP contribution in [0.2, 0.25) is 5.02 Å². The van der Waals surface area contributed by atoms with E-state index in [1.807, 2.05) is 19.1 Å². The van der Waals surface area contributed by atoms with E-state index in [1.54, 1.807) is 6.07 Å². The van der Waals surface area contributed by atoms with Gasteiger partial charge < -0.3 is 15.3 Å².